The van der Waals surface area contributed by atoms with Crippen LogP contribution in [0.3, 0.4) is 0 Å². The lowest BCUT2D eigenvalue weighted by Crippen LogP contribution is -2.25. The third-order valence-corrected chi connectivity index (χ3v) is 4.62. The van der Waals surface area contributed by atoms with Crippen LogP contribution in [0.1, 0.15) is 49.4 Å². The molecule has 1 N–H and O–H groups in total. The first-order chi connectivity index (χ1) is 14.0. The molecule has 0 fully saturated rings. The first kappa shape index (κ1) is 22.6. The van der Waals surface area contributed by atoms with Gasteiger partial charge in [0.2, 0.25) is 5.78 Å². The molecule has 0 unspecified atom stereocenters. The second kappa shape index (κ2) is 8.76. The van der Waals surface area contributed by atoms with Crippen molar-refractivity contribution in [2.45, 2.75) is 26.9 Å². The Balaban J connectivity index is 2.26. The van der Waals surface area contributed by atoms with Crippen LogP contribution in [-0.2, 0) is 9.47 Å². The Morgan fingerprint density at radius 1 is 1.17 bits per heavy atom. The van der Waals surface area contributed by atoms with Crippen LogP contribution in [0.15, 0.2) is 18.2 Å². The number of ether oxygens (including phenoxy) is 2. The molecule has 1 atom stereocenters. The first-order valence-corrected chi connectivity index (χ1v) is 8.98. The van der Waals surface area contributed by atoms with Gasteiger partial charge in [0.05, 0.1) is 28.9 Å². The number of carbonyl (C=O) groups is 3. The molecule has 0 saturated carbocycles. The fourth-order valence-electron chi connectivity index (χ4n) is 3.06. The van der Waals surface area contributed by atoms with Gasteiger partial charge in [-0.05, 0) is 38.5 Å². The number of nitro benzene ring substituents is 1. The number of aromatic nitrogens is 1. The molecule has 1 heterocycles. The number of rotatable bonds is 7. The van der Waals surface area contributed by atoms with E-state index < -0.39 is 28.7 Å². The van der Waals surface area contributed by atoms with E-state index in [1.54, 1.807) is 32.8 Å². The maximum atomic E-state index is 12.8. The van der Waals surface area contributed by atoms with Gasteiger partial charge >= 0.3 is 11.9 Å². The van der Waals surface area contributed by atoms with E-state index in [-0.39, 0.29) is 22.5 Å². The number of hydrogen-bond donors (Lipinski definition) is 1. The molecule has 10 nitrogen and oxygen atoms in total. The fraction of sp³-hybridized carbons (Fsp3) is 0.350. The highest BCUT2D eigenvalue weighted by Crippen LogP contribution is 2.28. The number of esters is 2. The zero-order chi connectivity index (χ0) is 22.7. The molecule has 0 aliphatic rings. The topological polar surface area (TPSA) is 132 Å². The van der Waals surface area contributed by atoms with Crippen LogP contribution in [0.4, 0.5) is 11.4 Å². The summed E-state index contributed by atoms with van der Waals surface area (Å²) >= 11 is 0. The quantitative estimate of drug-likeness (QED) is 0.315. The van der Waals surface area contributed by atoms with Gasteiger partial charge in [0.1, 0.15) is 5.69 Å². The SMILES string of the molecule is COC(=O)c1c(C)[nH]c(C(=O)[C@@H](C)OC(=O)c2ccc(N(C)C)c([N+](=O)[O-])c2)c1C. The van der Waals surface area contributed by atoms with Crippen molar-refractivity contribution in [2.24, 2.45) is 0 Å². The van der Waals surface area contributed by atoms with Gasteiger partial charge in [-0.3, -0.25) is 14.9 Å². The zero-order valence-electron chi connectivity index (χ0n) is 17.6. The molecule has 0 bridgehead atoms. The van der Waals surface area contributed by atoms with Crippen molar-refractivity contribution in [1.29, 1.82) is 0 Å². The van der Waals surface area contributed by atoms with Crippen LogP contribution in [0.5, 0.6) is 0 Å². The maximum absolute atomic E-state index is 12.8. The molecule has 2 rings (SSSR count). The number of nitro groups is 1. The first-order valence-electron chi connectivity index (χ1n) is 8.98. The minimum atomic E-state index is -1.19. The van der Waals surface area contributed by atoms with E-state index in [1.165, 1.54) is 26.2 Å². The molecule has 0 aliphatic carbocycles. The lowest BCUT2D eigenvalue weighted by atomic mass is 10.1. The Hall–Kier alpha value is -3.69. The highest BCUT2D eigenvalue weighted by molar-refractivity contribution is 6.04. The van der Waals surface area contributed by atoms with Crippen LogP contribution in [0.25, 0.3) is 0 Å². The average Bonchev–Trinajstić information content (AvgIpc) is 2.99. The number of methoxy groups -OCH3 is 1. The van der Waals surface area contributed by atoms with Crippen molar-refractivity contribution in [3.05, 3.63) is 56.4 Å². The van der Waals surface area contributed by atoms with E-state index in [0.29, 0.717) is 16.9 Å². The molecular formula is C20H23N3O7. The number of hydrogen-bond acceptors (Lipinski definition) is 8. The summed E-state index contributed by atoms with van der Waals surface area (Å²) in [5, 5.41) is 11.3. The van der Waals surface area contributed by atoms with Gasteiger partial charge in [-0.25, -0.2) is 9.59 Å². The lowest BCUT2D eigenvalue weighted by Gasteiger charge is -2.15. The number of aromatic amines is 1. The van der Waals surface area contributed by atoms with Gasteiger partial charge in [0.15, 0.2) is 6.10 Å². The highest BCUT2D eigenvalue weighted by Gasteiger charge is 2.28. The third kappa shape index (κ3) is 4.32. The smallest absolute Gasteiger partial charge is 0.339 e. The Morgan fingerprint density at radius 2 is 1.80 bits per heavy atom. The number of ketones is 1. The summed E-state index contributed by atoms with van der Waals surface area (Å²) in [6.45, 7) is 4.59. The number of aryl methyl sites for hydroxylation is 1. The van der Waals surface area contributed by atoms with Crippen molar-refractivity contribution in [2.75, 3.05) is 26.1 Å². The van der Waals surface area contributed by atoms with Gasteiger partial charge in [0.25, 0.3) is 5.69 Å². The molecule has 0 aliphatic heterocycles. The van der Waals surface area contributed by atoms with Crippen molar-refractivity contribution >= 4 is 29.1 Å². The summed E-state index contributed by atoms with van der Waals surface area (Å²) in [6, 6.07) is 3.93. The van der Waals surface area contributed by atoms with Gasteiger partial charge in [-0.1, -0.05) is 0 Å². The largest absolute Gasteiger partial charge is 0.465 e. The van der Waals surface area contributed by atoms with Crippen LogP contribution in [0.2, 0.25) is 0 Å². The standard InChI is InChI=1S/C20H23N3O7/c1-10-16(20(26)29-6)11(2)21-17(10)18(24)12(3)30-19(25)13-7-8-14(22(4)5)15(9-13)23(27)28/h7-9,12,21H,1-6H3/t12-/m1/s1. The summed E-state index contributed by atoms with van der Waals surface area (Å²) in [7, 11) is 4.52. The highest BCUT2D eigenvalue weighted by atomic mass is 16.6. The molecule has 160 valence electrons. The van der Waals surface area contributed by atoms with Crippen molar-refractivity contribution in [3.8, 4) is 0 Å². The number of H-pyrrole nitrogens is 1. The van der Waals surface area contributed by atoms with Crippen LogP contribution in [-0.4, -0.2) is 54.9 Å². The molecule has 2 aromatic rings. The minimum absolute atomic E-state index is 0.0541. The number of Topliss-reactive ketones (excluding diaryl/α,β-unsaturated/α-hetero) is 1. The van der Waals surface area contributed by atoms with E-state index in [0.717, 1.165) is 6.07 Å². The van der Waals surface area contributed by atoms with E-state index in [1.807, 2.05) is 0 Å². The average molecular weight is 417 g/mol. The Kier molecular flexibility index (Phi) is 6.60. The molecule has 10 heteroatoms. The lowest BCUT2D eigenvalue weighted by molar-refractivity contribution is -0.384. The van der Waals surface area contributed by atoms with Crippen LogP contribution >= 0.6 is 0 Å². The normalized spacial score (nSPS) is 11.5. The van der Waals surface area contributed by atoms with Gasteiger partial charge in [-0.2, -0.15) is 0 Å². The summed E-state index contributed by atoms with van der Waals surface area (Å²) in [6.07, 6.45) is -1.19. The molecule has 0 spiro atoms. The molecule has 1 aromatic heterocycles. The molecule has 0 amide bonds. The van der Waals surface area contributed by atoms with Gasteiger partial charge in [-0.15, -0.1) is 0 Å². The van der Waals surface area contributed by atoms with Crippen molar-refractivity contribution in [1.82, 2.24) is 4.98 Å². The monoisotopic (exact) mass is 417 g/mol. The molecule has 1 aromatic carbocycles. The predicted molar refractivity (Wildman–Crippen MR) is 108 cm³/mol. The molecule has 30 heavy (non-hydrogen) atoms. The summed E-state index contributed by atoms with van der Waals surface area (Å²) in [5.41, 5.74) is 1.23. The van der Waals surface area contributed by atoms with Crippen molar-refractivity contribution in [3.63, 3.8) is 0 Å². The summed E-state index contributed by atoms with van der Waals surface area (Å²) in [4.78, 5) is 52.2. The minimum Gasteiger partial charge on any atom is -0.465 e. The Bertz CT molecular complexity index is 1020. The number of nitrogens with zero attached hydrogens (tertiary/aromatic N) is 2. The second-order valence-electron chi connectivity index (χ2n) is 6.88. The Morgan fingerprint density at radius 3 is 2.33 bits per heavy atom. The zero-order valence-corrected chi connectivity index (χ0v) is 17.6. The van der Waals surface area contributed by atoms with Crippen LogP contribution in [0, 0.1) is 24.0 Å². The number of carbonyl (C=O) groups excluding carboxylic acids is 3. The molecular weight excluding hydrogens is 394 g/mol. The summed E-state index contributed by atoms with van der Waals surface area (Å²) < 4.78 is 9.93. The summed E-state index contributed by atoms with van der Waals surface area (Å²) in [5.74, 6) is -2.00. The predicted octanol–water partition coefficient (Wildman–Crippen LogP) is 2.82. The fourth-order valence-corrected chi connectivity index (χ4v) is 3.06. The number of nitrogens with one attached hydrogen (secondary N) is 1. The van der Waals surface area contributed by atoms with E-state index >= 15 is 0 Å². The van der Waals surface area contributed by atoms with E-state index in [2.05, 4.69) is 4.98 Å². The molecule has 0 saturated heterocycles. The third-order valence-electron chi connectivity index (χ3n) is 4.62. The van der Waals surface area contributed by atoms with Crippen LogP contribution < -0.4 is 4.90 Å². The molecule has 0 radical (unpaired) electrons. The van der Waals surface area contributed by atoms with Gasteiger partial charge < -0.3 is 19.4 Å². The van der Waals surface area contributed by atoms with E-state index in [4.69, 9.17) is 9.47 Å². The maximum Gasteiger partial charge on any atom is 0.339 e. The second-order valence-corrected chi connectivity index (χ2v) is 6.88. The number of benzene rings is 1. The number of anilines is 1. The van der Waals surface area contributed by atoms with E-state index in [9.17, 15) is 24.5 Å². The van der Waals surface area contributed by atoms with Crippen molar-refractivity contribution < 1.29 is 28.8 Å². The Labute approximate surface area is 172 Å². The van der Waals surface area contributed by atoms with Gasteiger partial charge in [0, 0.05) is 25.9 Å².